The Bertz CT molecular complexity index is 413. The quantitative estimate of drug-likeness (QED) is 0.655. The Labute approximate surface area is 119 Å². The van der Waals surface area contributed by atoms with Gasteiger partial charge in [-0.05, 0) is 102 Å². The molecule has 0 amide bonds. The number of hydrogen-bond acceptors (Lipinski definition) is 1. The number of benzene rings is 1. The highest BCUT2D eigenvalue weighted by molar-refractivity contribution is 8.68. The first-order chi connectivity index (χ1) is 8.77. The normalized spacial score (nSPS) is 41.3. The van der Waals surface area contributed by atoms with Gasteiger partial charge >= 0.3 is 0 Å². The van der Waals surface area contributed by atoms with Gasteiger partial charge in [-0.25, -0.2) is 0 Å². The fraction of sp³-hybridized carbons (Fsp3) is 0.625. The van der Waals surface area contributed by atoms with Crippen LogP contribution in [0.2, 0.25) is 0 Å². The van der Waals surface area contributed by atoms with Crippen LogP contribution in [-0.4, -0.2) is 0 Å². The molecular formula is C16H19S2. The van der Waals surface area contributed by atoms with Gasteiger partial charge in [0.1, 0.15) is 0 Å². The highest BCUT2D eigenvalue weighted by Crippen LogP contribution is 2.60. The van der Waals surface area contributed by atoms with E-state index in [1.165, 1.54) is 54.2 Å². The maximum absolute atomic E-state index is 5.05. The fourth-order valence-electron chi connectivity index (χ4n) is 5.33. The second-order valence-electron chi connectivity index (χ2n) is 6.81. The minimum absolute atomic E-state index is 0.541. The van der Waals surface area contributed by atoms with E-state index in [1.807, 2.05) is 0 Å². The molecule has 4 fully saturated rings. The summed E-state index contributed by atoms with van der Waals surface area (Å²) in [6, 6.07) is 9.18. The molecule has 0 atom stereocenters. The van der Waals surface area contributed by atoms with Crippen LogP contribution in [0.15, 0.2) is 29.2 Å². The molecule has 1 aromatic rings. The van der Waals surface area contributed by atoms with Gasteiger partial charge in [0.25, 0.3) is 0 Å². The third-order valence-corrected chi connectivity index (χ3v) is 6.64. The van der Waals surface area contributed by atoms with Crippen molar-refractivity contribution >= 4 is 22.5 Å². The largest absolute Gasteiger partial charge is 0.0573 e. The van der Waals surface area contributed by atoms with E-state index in [0.29, 0.717) is 5.41 Å². The van der Waals surface area contributed by atoms with Crippen molar-refractivity contribution in [2.24, 2.45) is 17.8 Å². The van der Waals surface area contributed by atoms with Gasteiger partial charge in [0.05, 0.1) is 0 Å². The molecule has 0 unspecified atom stereocenters. The van der Waals surface area contributed by atoms with Gasteiger partial charge in [-0.15, -0.1) is 0 Å². The Kier molecular flexibility index (Phi) is 2.74. The maximum atomic E-state index is 5.05. The van der Waals surface area contributed by atoms with Crippen molar-refractivity contribution in [1.29, 1.82) is 0 Å². The average Bonchev–Trinajstić information content (AvgIpc) is 2.37. The van der Waals surface area contributed by atoms with Crippen LogP contribution in [-0.2, 0) is 5.41 Å². The van der Waals surface area contributed by atoms with Crippen LogP contribution in [0, 0.1) is 17.8 Å². The summed E-state index contributed by atoms with van der Waals surface area (Å²) >= 11 is 5.05. The third-order valence-electron chi connectivity index (χ3n) is 5.60. The molecule has 5 rings (SSSR count). The molecule has 4 bridgehead atoms. The van der Waals surface area contributed by atoms with E-state index in [2.05, 4.69) is 24.3 Å². The van der Waals surface area contributed by atoms with E-state index in [0.717, 1.165) is 17.8 Å². The zero-order valence-corrected chi connectivity index (χ0v) is 12.2. The Morgan fingerprint density at radius 3 is 1.83 bits per heavy atom. The summed E-state index contributed by atoms with van der Waals surface area (Å²) in [5, 5.41) is 0. The first-order valence-corrected chi connectivity index (χ1v) is 8.92. The molecule has 4 aliphatic rings. The SMILES string of the molecule is [S]Sc1ccc(C23CC4CC(CC(C4)C2)C3)cc1. The van der Waals surface area contributed by atoms with Gasteiger partial charge in [0.15, 0.2) is 0 Å². The molecule has 18 heavy (non-hydrogen) atoms. The van der Waals surface area contributed by atoms with E-state index in [-0.39, 0.29) is 0 Å². The molecule has 2 heteroatoms. The summed E-state index contributed by atoms with van der Waals surface area (Å²) in [4.78, 5) is 1.22. The van der Waals surface area contributed by atoms with Crippen molar-refractivity contribution in [1.82, 2.24) is 0 Å². The lowest BCUT2D eigenvalue weighted by molar-refractivity contribution is -0.00520. The van der Waals surface area contributed by atoms with Crippen LogP contribution >= 0.6 is 22.5 Å². The predicted octanol–water partition coefficient (Wildman–Crippen LogP) is 5.36. The van der Waals surface area contributed by atoms with E-state index >= 15 is 0 Å². The van der Waals surface area contributed by atoms with Gasteiger partial charge in [0, 0.05) is 4.90 Å². The van der Waals surface area contributed by atoms with Crippen molar-refractivity contribution < 1.29 is 0 Å². The summed E-state index contributed by atoms with van der Waals surface area (Å²) in [7, 11) is 1.44. The first kappa shape index (κ1) is 11.7. The zero-order valence-electron chi connectivity index (χ0n) is 10.6. The monoisotopic (exact) mass is 275 g/mol. The topological polar surface area (TPSA) is 0 Å². The van der Waals surface area contributed by atoms with Crippen molar-refractivity contribution in [3.63, 3.8) is 0 Å². The van der Waals surface area contributed by atoms with Crippen molar-refractivity contribution in [3.05, 3.63) is 29.8 Å². The van der Waals surface area contributed by atoms with Crippen LogP contribution in [0.3, 0.4) is 0 Å². The van der Waals surface area contributed by atoms with Gasteiger partial charge in [-0.3, -0.25) is 0 Å². The molecule has 4 aliphatic carbocycles. The van der Waals surface area contributed by atoms with Gasteiger partial charge in [0.2, 0.25) is 0 Å². The highest BCUT2D eigenvalue weighted by Gasteiger charge is 2.51. The minimum Gasteiger partial charge on any atom is -0.0573 e. The molecule has 0 saturated heterocycles. The Morgan fingerprint density at radius 2 is 1.39 bits per heavy atom. The van der Waals surface area contributed by atoms with Crippen LogP contribution in [0.25, 0.3) is 0 Å². The van der Waals surface area contributed by atoms with Crippen molar-refractivity contribution in [2.75, 3.05) is 0 Å². The molecule has 95 valence electrons. The van der Waals surface area contributed by atoms with E-state index in [4.69, 9.17) is 11.7 Å². The smallest absolute Gasteiger partial charge is 0.0191 e. The molecule has 0 aromatic heterocycles. The summed E-state index contributed by atoms with van der Waals surface area (Å²) < 4.78 is 0. The summed E-state index contributed by atoms with van der Waals surface area (Å²) in [5.74, 6) is 3.10. The number of rotatable bonds is 2. The summed E-state index contributed by atoms with van der Waals surface area (Å²) in [6.07, 6.45) is 8.95. The second kappa shape index (κ2) is 4.21. The highest BCUT2D eigenvalue weighted by atomic mass is 33.1. The molecule has 0 N–H and O–H groups in total. The van der Waals surface area contributed by atoms with Crippen LogP contribution < -0.4 is 0 Å². The second-order valence-corrected chi connectivity index (χ2v) is 7.94. The summed E-state index contributed by atoms with van der Waals surface area (Å²) in [6.45, 7) is 0. The fourth-order valence-corrected chi connectivity index (χ4v) is 5.91. The molecule has 4 saturated carbocycles. The van der Waals surface area contributed by atoms with Gasteiger partial charge in [-0.1, -0.05) is 12.1 Å². The Morgan fingerprint density at radius 1 is 0.889 bits per heavy atom. The molecular weight excluding hydrogens is 256 g/mol. The minimum atomic E-state index is 0.541. The molecule has 0 heterocycles. The van der Waals surface area contributed by atoms with Crippen LogP contribution in [0.4, 0.5) is 0 Å². The van der Waals surface area contributed by atoms with E-state index in [1.54, 1.807) is 5.56 Å². The molecule has 0 spiro atoms. The van der Waals surface area contributed by atoms with E-state index in [9.17, 15) is 0 Å². The first-order valence-electron chi connectivity index (χ1n) is 7.18. The molecule has 0 aliphatic heterocycles. The average molecular weight is 275 g/mol. The lowest BCUT2D eigenvalue weighted by Crippen LogP contribution is -2.48. The van der Waals surface area contributed by atoms with E-state index < -0.39 is 0 Å². The Hall–Kier alpha value is -0.0800. The molecule has 0 nitrogen and oxygen atoms in total. The van der Waals surface area contributed by atoms with Crippen LogP contribution in [0.5, 0.6) is 0 Å². The summed E-state index contributed by atoms with van der Waals surface area (Å²) in [5.41, 5.74) is 2.15. The van der Waals surface area contributed by atoms with Gasteiger partial charge < -0.3 is 0 Å². The maximum Gasteiger partial charge on any atom is 0.0191 e. The zero-order chi connectivity index (χ0) is 12.2. The van der Waals surface area contributed by atoms with Gasteiger partial charge in [-0.2, -0.15) is 0 Å². The van der Waals surface area contributed by atoms with Crippen molar-refractivity contribution in [3.8, 4) is 0 Å². The predicted molar refractivity (Wildman–Crippen MR) is 79.7 cm³/mol. The lowest BCUT2D eigenvalue weighted by atomic mass is 9.48. The number of hydrogen-bond donors (Lipinski definition) is 0. The Balaban J connectivity index is 1.70. The van der Waals surface area contributed by atoms with Crippen LogP contribution in [0.1, 0.15) is 44.1 Å². The van der Waals surface area contributed by atoms with Crippen molar-refractivity contribution in [2.45, 2.75) is 48.8 Å². The standard InChI is InChI=1S/C16H19S2/c17-18-15-3-1-14(2-4-15)16-8-11-5-12(9-16)7-13(6-11)10-16/h1-4,11-13H,5-10H2. The third kappa shape index (κ3) is 1.76. The molecule has 1 aromatic carbocycles. The lowest BCUT2D eigenvalue weighted by Gasteiger charge is -2.57. The molecule has 1 radical (unpaired) electrons.